The van der Waals surface area contributed by atoms with E-state index in [1.165, 1.54) is 6.08 Å². The van der Waals surface area contributed by atoms with Gasteiger partial charge in [-0.15, -0.1) is 0 Å². The number of hydrogen-bond acceptors (Lipinski definition) is 3. The van der Waals surface area contributed by atoms with Crippen LogP contribution < -0.4 is 5.32 Å². The average molecular weight is 383 g/mol. The molecule has 0 saturated heterocycles. The number of carbonyl (C=O) groups excluding carboxylic acids is 1. The topological polar surface area (TPSA) is 59.8 Å². The number of carbonyl (C=O) groups is 1. The van der Waals surface area contributed by atoms with Crippen molar-refractivity contribution in [1.29, 1.82) is 0 Å². The lowest BCUT2D eigenvalue weighted by molar-refractivity contribution is -0.116. The molecule has 2 heterocycles. The fraction of sp³-hybridized carbons (Fsp3) is 0.0556. The number of hydrogen-bond donors (Lipinski definition) is 1. The first kappa shape index (κ1) is 16.1. The van der Waals surface area contributed by atoms with Crippen LogP contribution in [0, 0.1) is 0 Å². The number of rotatable bonds is 5. The van der Waals surface area contributed by atoms with Gasteiger partial charge in [0.2, 0.25) is 5.91 Å². The fourth-order valence-corrected chi connectivity index (χ4v) is 2.51. The summed E-state index contributed by atoms with van der Waals surface area (Å²) in [6.45, 7) is 0.427. The lowest BCUT2D eigenvalue weighted by Crippen LogP contribution is -2.20. The first-order chi connectivity index (χ1) is 11.7. The van der Waals surface area contributed by atoms with E-state index in [2.05, 4.69) is 31.2 Å². The average Bonchev–Trinajstić information content (AvgIpc) is 3.14. The summed E-state index contributed by atoms with van der Waals surface area (Å²) in [5.74, 6) is 0.640. The van der Waals surface area contributed by atoms with E-state index in [0.29, 0.717) is 6.54 Å². The van der Waals surface area contributed by atoms with Crippen molar-refractivity contribution >= 4 is 27.9 Å². The Labute approximate surface area is 148 Å². The molecule has 3 rings (SSSR count). The first-order valence-electron chi connectivity index (χ1n) is 7.36. The summed E-state index contributed by atoms with van der Waals surface area (Å²) < 4.78 is 2.77. The second kappa shape index (κ2) is 7.70. The van der Waals surface area contributed by atoms with Gasteiger partial charge in [-0.05, 0) is 29.3 Å². The molecule has 0 fully saturated rings. The van der Waals surface area contributed by atoms with Gasteiger partial charge in [-0.3, -0.25) is 9.36 Å². The lowest BCUT2D eigenvalue weighted by Gasteiger charge is -2.05. The SMILES string of the molecule is O=C(/C=C/c1ccccc1Br)NCc1ccc(-n2ccnc2)nc1. The number of aromatic nitrogens is 3. The Balaban J connectivity index is 1.55. The van der Waals surface area contributed by atoms with Crippen molar-refractivity contribution < 1.29 is 4.79 Å². The minimum Gasteiger partial charge on any atom is -0.348 e. The number of nitrogens with zero attached hydrogens (tertiary/aromatic N) is 3. The summed E-state index contributed by atoms with van der Waals surface area (Å²) in [6.07, 6.45) is 10.3. The van der Waals surface area contributed by atoms with Gasteiger partial charge in [0.05, 0.1) is 0 Å². The predicted molar refractivity (Wildman–Crippen MR) is 96.4 cm³/mol. The van der Waals surface area contributed by atoms with Crippen molar-refractivity contribution in [3.63, 3.8) is 0 Å². The number of imidazole rings is 1. The molecule has 1 N–H and O–H groups in total. The monoisotopic (exact) mass is 382 g/mol. The summed E-state index contributed by atoms with van der Waals surface area (Å²) in [4.78, 5) is 20.2. The highest BCUT2D eigenvalue weighted by Crippen LogP contribution is 2.16. The third-order valence-corrected chi connectivity index (χ3v) is 4.09. The van der Waals surface area contributed by atoms with Crippen LogP contribution in [0.5, 0.6) is 0 Å². The molecule has 0 bridgehead atoms. The van der Waals surface area contributed by atoms with Gasteiger partial charge >= 0.3 is 0 Å². The van der Waals surface area contributed by atoms with Gasteiger partial charge in [-0.25, -0.2) is 9.97 Å². The molecule has 0 radical (unpaired) electrons. The lowest BCUT2D eigenvalue weighted by atomic mass is 10.2. The molecule has 2 aromatic heterocycles. The maximum atomic E-state index is 11.9. The van der Waals surface area contributed by atoms with Crippen molar-refractivity contribution in [1.82, 2.24) is 19.9 Å². The minimum atomic E-state index is -0.149. The van der Waals surface area contributed by atoms with Crippen LogP contribution in [-0.4, -0.2) is 20.4 Å². The Kier molecular flexibility index (Phi) is 5.18. The van der Waals surface area contributed by atoms with Gasteiger partial charge in [-0.2, -0.15) is 0 Å². The van der Waals surface area contributed by atoms with Crippen LogP contribution >= 0.6 is 15.9 Å². The van der Waals surface area contributed by atoms with Crippen LogP contribution in [0.25, 0.3) is 11.9 Å². The summed E-state index contributed by atoms with van der Waals surface area (Å²) in [7, 11) is 0. The van der Waals surface area contributed by atoms with Crippen molar-refractivity contribution in [3.05, 3.63) is 83.0 Å². The standard InChI is InChI=1S/C18H15BrN4O/c19-16-4-2-1-3-15(16)6-8-18(24)22-12-14-5-7-17(21-11-14)23-10-9-20-13-23/h1-11,13H,12H2,(H,22,24)/b8-6+. The number of benzene rings is 1. The van der Waals surface area contributed by atoms with E-state index in [1.54, 1.807) is 24.8 Å². The number of halogens is 1. The van der Waals surface area contributed by atoms with Crippen molar-refractivity contribution in [2.24, 2.45) is 0 Å². The minimum absolute atomic E-state index is 0.149. The molecule has 1 amide bonds. The van der Waals surface area contributed by atoms with Crippen molar-refractivity contribution in [2.45, 2.75) is 6.54 Å². The summed E-state index contributed by atoms with van der Waals surface area (Å²) in [5, 5.41) is 2.84. The maximum Gasteiger partial charge on any atom is 0.244 e. The molecular weight excluding hydrogens is 368 g/mol. The third kappa shape index (κ3) is 4.17. The Morgan fingerprint density at radius 2 is 2.12 bits per heavy atom. The molecule has 3 aromatic rings. The summed E-state index contributed by atoms with van der Waals surface area (Å²) >= 11 is 3.45. The van der Waals surface area contributed by atoms with Gasteiger partial charge < -0.3 is 5.32 Å². The largest absolute Gasteiger partial charge is 0.348 e. The molecule has 0 aliphatic rings. The Hall–Kier alpha value is -2.73. The Bertz CT molecular complexity index is 842. The van der Waals surface area contributed by atoms with Gasteiger partial charge in [0, 0.05) is 35.7 Å². The second-order valence-electron chi connectivity index (χ2n) is 5.07. The van der Waals surface area contributed by atoms with Crippen LogP contribution in [0.3, 0.4) is 0 Å². The fourth-order valence-electron chi connectivity index (χ4n) is 2.09. The van der Waals surface area contributed by atoms with E-state index < -0.39 is 0 Å². The molecular formula is C18H15BrN4O. The van der Waals surface area contributed by atoms with E-state index in [-0.39, 0.29) is 5.91 Å². The predicted octanol–water partition coefficient (Wildman–Crippen LogP) is 3.36. The van der Waals surface area contributed by atoms with Gasteiger partial charge in [0.1, 0.15) is 12.1 Å². The van der Waals surface area contributed by atoms with E-state index in [1.807, 2.05) is 47.2 Å². The Morgan fingerprint density at radius 3 is 2.83 bits per heavy atom. The Morgan fingerprint density at radius 1 is 1.25 bits per heavy atom. The molecule has 0 unspecified atom stereocenters. The van der Waals surface area contributed by atoms with E-state index in [9.17, 15) is 4.79 Å². The summed E-state index contributed by atoms with van der Waals surface area (Å²) in [6, 6.07) is 11.6. The van der Waals surface area contributed by atoms with Crippen LogP contribution in [-0.2, 0) is 11.3 Å². The second-order valence-corrected chi connectivity index (χ2v) is 5.92. The van der Waals surface area contributed by atoms with Gasteiger partial charge in [-0.1, -0.05) is 40.2 Å². The maximum absolute atomic E-state index is 11.9. The highest BCUT2D eigenvalue weighted by atomic mass is 79.9. The van der Waals surface area contributed by atoms with E-state index in [0.717, 1.165) is 21.4 Å². The van der Waals surface area contributed by atoms with Crippen molar-refractivity contribution in [3.8, 4) is 5.82 Å². The first-order valence-corrected chi connectivity index (χ1v) is 8.15. The van der Waals surface area contributed by atoms with E-state index in [4.69, 9.17) is 0 Å². The third-order valence-electron chi connectivity index (χ3n) is 3.36. The number of nitrogens with one attached hydrogen (secondary N) is 1. The number of amides is 1. The molecule has 0 aliphatic heterocycles. The van der Waals surface area contributed by atoms with Gasteiger partial charge in [0.25, 0.3) is 0 Å². The molecule has 6 heteroatoms. The molecule has 0 saturated carbocycles. The molecule has 1 aromatic carbocycles. The molecule has 24 heavy (non-hydrogen) atoms. The smallest absolute Gasteiger partial charge is 0.244 e. The zero-order valence-electron chi connectivity index (χ0n) is 12.8. The molecule has 0 atom stereocenters. The van der Waals surface area contributed by atoms with Crippen LogP contribution in [0.1, 0.15) is 11.1 Å². The zero-order chi connectivity index (χ0) is 16.8. The summed E-state index contributed by atoms with van der Waals surface area (Å²) in [5.41, 5.74) is 1.89. The molecule has 0 spiro atoms. The van der Waals surface area contributed by atoms with Crippen molar-refractivity contribution in [2.75, 3.05) is 0 Å². The van der Waals surface area contributed by atoms with Gasteiger partial charge in [0.15, 0.2) is 0 Å². The highest BCUT2D eigenvalue weighted by Gasteiger charge is 2.01. The number of pyridine rings is 1. The van der Waals surface area contributed by atoms with Crippen LogP contribution in [0.15, 0.2) is 71.9 Å². The quantitative estimate of drug-likeness (QED) is 0.688. The van der Waals surface area contributed by atoms with E-state index >= 15 is 0 Å². The molecule has 120 valence electrons. The normalized spacial score (nSPS) is 10.9. The highest BCUT2D eigenvalue weighted by molar-refractivity contribution is 9.10. The molecule has 0 aliphatic carbocycles. The zero-order valence-corrected chi connectivity index (χ0v) is 14.3. The van der Waals surface area contributed by atoms with Crippen LogP contribution in [0.2, 0.25) is 0 Å². The van der Waals surface area contributed by atoms with Crippen LogP contribution in [0.4, 0.5) is 0 Å². The molecule has 5 nitrogen and oxygen atoms in total.